The lowest BCUT2D eigenvalue weighted by Crippen LogP contribution is -2.12. The standard InChI is InChI=1S/C15H18N2O4/c1-10(18)21-14-9-20-15(17-14)13(19)8-7-12(16)11-5-3-2-4-6-11/h2-6,9,12-13,19H,7-8,16H2,1H3/t12-,13-/m0/s1. The number of aliphatic hydroxyl groups is 1. The van der Waals surface area contributed by atoms with Crippen LogP contribution in [0.4, 0.5) is 0 Å². The highest BCUT2D eigenvalue weighted by molar-refractivity contribution is 5.68. The summed E-state index contributed by atoms with van der Waals surface area (Å²) in [7, 11) is 0. The van der Waals surface area contributed by atoms with E-state index in [1.807, 2.05) is 30.3 Å². The molecule has 112 valence electrons. The van der Waals surface area contributed by atoms with E-state index in [-0.39, 0.29) is 17.8 Å². The van der Waals surface area contributed by atoms with Crippen LogP contribution in [0.2, 0.25) is 0 Å². The molecule has 6 nitrogen and oxygen atoms in total. The van der Waals surface area contributed by atoms with Crippen LogP contribution in [0.3, 0.4) is 0 Å². The molecule has 0 amide bonds. The predicted octanol–water partition coefficient (Wildman–Crippen LogP) is 2.11. The molecule has 3 N–H and O–H groups in total. The molecular weight excluding hydrogens is 272 g/mol. The van der Waals surface area contributed by atoms with E-state index in [9.17, 15) is 9.90 Å². The van der Waals surface area contributed by atoms with Gasteiger partial charge in [0, 0.05) is 13.0 Å². The first-order valence-corrected chi connectivity index (χ1v) is 6.68. The molecule has 0 aliphatic carbocycles. The van der Waals surface area contributed by atoms with Crippen LogP contribution in [0, 0.1) is 0 Å². The molecule has 0 saturated heterocycles. The first kappa shape index (κ1) is 15.2. The Kier molecular flexibility index (Phi) is 5.08. The number of nitrogens with zero attached hydrogens (tertiary/aromatic N) is 1. The summed E-state index contributed by atoms with van der Waals surface area (Å²) in [4.78, 5) is 14.7. The third-order valence-corrected chi connectivity index (χ3v) is 3.01. The quantitative estimate of drug-likeness (QED) is 0.791. The topological polar surface area (TPSA) is 98.6 Å². The fourth-order valence-electron chi connectivity index (χ4n) is 1.95. The number of hydrogen-bond donors (Lipinski definition) is 2. The van der Waals surface area contributed by atoms with Gasteiger partial charge in [-0.2, -0.15) is 4.98 Å². The fourth-order valence-corrected chi connectivity index (χ4v) is 1.95. The Morgan fingerprint density at radius 1 is 1.38 bits per heavy atom. The van der Waals surface area contributed by atoms with Crippen LogP contribution < -0.4 is 10.5 Å². The van der Waals surface area contributed by atoms with E-state index in [2.05, 4.69) is 4.98 Å². The third-order valence-electron chi connectivity index (χ3n) is 3.01. The van der Waals surface area contributed by atoms with Gasteiger partial charge < -0.3 is 20.0 Å². The second-order valence-electron chi connectivity index (χ2n) is 4.73. The smallest absolute Gasteiger partial charge is 0.309 e. The van der Waals surface area contributed by atoms with E-state index in [1.54, 1.807) is 0 Å². The number of esters is 1. The van der Waals surface area contributed by atoms with Crippen LogP contribution in [-0.4, -0.2) is 16.1 Å². The summed E-state index contributed by atoms with van der Waals surface area (Å²) in [6.45, 7) is 1.27. The zero-order valence-corrected chi connectivity index (χ0v) is 11.7. The molecule has 1 aromatic heterocycles. The van der Waals surface area contributed by atoms with E-state index in [4.69, 9.17) is 14.9 Å². The Morgan fingerprint density at radius 3 is 2.76 bits per heavy atom. The average Bonchev–Trinajstić information content (AvgIpc) is 2.93. The maximum atomic E-state index is 10.8. The molecule has 0 radical (unpaired) electrons. The summed E-state index contributed by atoms with van der Waals surface area (Å²) in [6.07, 6.45) is 1.29. The molecule has 0 fully saturated rings. The van der Waals surface area contributed by atoms with Crippen molar-refractivity contribution in [3.63, 3.8) is 0 Å². The van der Waals surface area contributed by atoms with Crippen molar-refractivity contribution in [3.8, 4) is 5.88 Å². The van der Waals surface area contributed by atoms with Crippen LogP contribution in [0.25, 0.3) is 0 Å². The lowest BCUT2D eigenvalue weighted by atomic mass is 10.0. The Morgan fingerprint density at radius 2 is 2.10 bits per heavy atom. The summed E-state index contributed by atoms with van der Waals surface area (Å²) < 4.78 is 9.85. The van der Waals surface area contributed by atoms with Gasteiger partial charge in [0.25, 0.3) is 5.88 Å². The number of benzene rings is 1. The van der Waals surface area contributed by atoms with Crippen molar-refractivity contribution in [1.29, 1.82) is 0 Å². The highest BCUT2D eigenvalue weighted by Gasteiger charge is 2.17. The minimum Gasteiger partial charge on any atom is -0.442 e. The molecule has 0 saturated carbocycles. The lowest BCUT2D eigenvalue weighted by molar-refractivity contribution is -0.132. The fraction of sp³-hybridized carbons (Fsp3) is 0.333. The van der Waals surface area contributed by atoms with Crippen molar-refractivity contribution >= 4 is 5.97 Å². The van der Waals surface area contributed by atoms with E-state index in [0.29, 0.717) is 12.8 Å². The van der Waals surface area contributed by atoms with Crippen LogP contribution >= 0.6 is 0 Å². The molecule has 0 bridgehead atoms. The predicted molar refractivity (Wildman–Crippen MR) is 75.4 cm³/mol. The van der Waals surface area contributed by atoms with Crippen LogP contribution in [0.1, 0.15) is 43.4 Å². The molecule has 6 heteroatoms. The van der Waals surface area contributed by atoms with Crippen molar-refractivity contribution < 1.29 is 19.1 Å². The number of oxazole rings is 1. The Balaban J connectivity index is 1.88. The van der Waals surface area contributed by atoms with Crippen molar-refractivity contribution in [3.05, 3.63) is 48.0 Å². The van der Waals surface area contributed by atoms with Gasteiger partial charge >= 0.3 is 5.97 Å². The maximum absolute atomic E-state index is 10.8. The van der Waals surface area contributed by atoms with Gasteiger partial charge in [-0.3, -0.25) is 4.79 Å². The minimum atomic E-state index is -0.885. The van der Waals surface area contributed by atoms with Gasteiger partial charge in [0.2, 0.25) is 5.89 Å². The number of carbonyl (C=O) groups is 1. The van der Waals surface area contributed by atoms with Crippen molar-refractivity contribution in [2.24, 2.45) is 5.73 Å². The maximum Gasteiger partial charge on any atom is 0.309 e. The SMILES string of the molecule is CC(=O)Oc1coc([C@@H](O)CC[C@H](N)c2ccccc2)n1. The Labute approximate surface area is 122 Å². The second-order valence-corrected chi connectivity index (χ2v) is 4.73. The first-order valence-electron chi connectivity index (χ1n) is 6.68. The first-order chi connectivity index (χ1) is 10.1. The third kappa shape index (κ3) is 4.40. The summed E-state index contributed by atoms with van der Waals surface area (Å²) in [5, 5.41) is 10.0. The zero-order chi connectivity index (χ0) is 15.2. The number of nitrogens with two attached hydrogens (primary N) is 1. The molecular formula is C15H18N2O4. The highest BCUT2D eigenvalue weighted by Crippen LogP contribution is 2.24. The van der Waals surface area contributed by atoms with E-state index < -0.39 is 12.1 Å². The van der Waals surface area contributed by atoms with Gasteiger partial charge in [0.05, 0.1) is 0 Å². The zero-order valence-electron chi connectivity index (χ0n) is 11.7. The van der Waals surface area contributed by atoms with Gasteiger partial charge in [0.1, 0.15) is 6.10 Å². The van der Waals surface area contributed by atoms with Crippen molar-refractivity contribution in [2.75, 3.05) is 0 Å². The van der Waals surface area contributed by atoms with E-state index in [1.165, 1.54) is 13.2 Å². The second kappa shape index (κ2) is 7.01. The summed E-state index contributed by atoms with van der Waals surface area (Å²) in [6, 6.07) is 9.50. The molecule has 2 aromatic rings. The van der Waals surface area contributed by atoms with E-state index >= 15 is 0 Å². The Hall–Kier alpha value is -2.18. The normalized spacial score (nSPS) is 13.7. The summed E-state index contributed by atoms with van der Waals surface area (Å²) >= 11 is 0. The Bertz CT molecular complexity index is 582. The van der Waals surface area contributed by atoms with Crippen molar-refractivity contribution in [2.45, 2.75) is 31.9 Å². The van der Waals surface area contributed by atoms with Gasteiger partial charge in [-0.05, 0) is 18.4 Å². The van der Waals surface area contributed by atoms with Crippen LogP contribution in [0.15, 0.2) is 41.0 Å². The minimum absolute atomic E-state index is 0.0453. The van der Waals surface area contributed by atoms with Gasteiger partial charge in [0.15, 0.2) is 6.26 Å². The van der Waals surface area contributed by atoms with E-state index in [0.717, 1.165) is 5.56 Å². The molecule has 1 heterocycles. The van der Waals surface area contributed by atoms with Crippen molar-refractivity contribution in [1.82, 2.24) is 4.98 Å². The van der Waals surface area contributed by atoms with Gasteiger partial charge in [-0.25, -0.2) is 0 Å². The molecule has 0 unspecified atom stereocenters. The molecule has 0 aliphatic rings. The average molecular weight is 290 g/mol. The van der Waals surface area contributed by atoms with Gasteiger partial charge in [-0.15, -0.1) is 0 Å². The molecule has 21 heavy (non-hydrogen) atoms. The monoisotopic (exact) mass is 290 g/mol. The molecule has 2 atom stereocenters. The summed E-state index contributed by atoms with van der Waals surface area (Å²) in [5.74, 6) is -0.328. The number of hydrogen-bond acceptors (Lipinski definition) is 6. The number of rotatable bonds is 6. The molecule has 0 spiro atoms. The molecule has 0 aliphatic heterocycles. The number of ether oxygens (including phenoxy) is 1. The molecule has 2 rings (SSSR count). The number of aliphatic hydroxyl groups excluding tert-OH is 1. The highest BCUT2D eigenvalue weighted by atomic mass is 16.5. The largest absolute Gasteiger partial charge is 0.442 e. The number of aromatic nitrogens is 1. The number of carbonyl (C=O) groups excluding carboxylic acids is 1. The van der Waals surface area contributed by atoms with Crippen LogP contribution in [0.5, 0.6) is 5.88 Å². The molecule has 1 aromatic carbocycles. The van der Waals surface area contributed by atoms with Crippen LogP contribution in [-0.2, 0) is 4.79 Å². The van der Waals surface area contributed by atoms with Gasteiger partial charge in [-0.1, -0.05) is 30.3 Å². The summed E-state index contributed by atoms with van der Waals surface area (Å²) in [5.41, 5.74) is 7.07. The lowest BCUT2D eigenvalue weighted by Gasteiger charge is -2.13.